The smallest absolute Gasteiger partial charge is 0.395 e. The number of benzene rings is 1. The molecule has 108 valence electrons. The molecular formula is C10H11ClF3NO3S. The van der Waals surface area contributed by atoms with Gasteiger partial charge in [0.25, 0.3) is 0 Å². The third-order valence-electron chi connectivity index (χ3n) is 2.16. The molecule has 0 saturated carbocycles. The summed E-state index contributed by atoms with van der Waals surface area (Å²) in [6.07, 6.45) is -4.69. The highest BCUT2D eigenvalue weighted by Crippen LogP contribution is 2.23. The van der Waals surface area contributed by atoms with E-state index in [1.54, 1.807) is 0 Å². The quantitative estimate of drug-likeness (QED) is 0.902. The Morgan fingerprint density at radius 1 is 1.21 bits per heavy atom. The third-order valence-corrected chi connectivity index (χ3v) is 4.27. The van der Waals surface area contributed by atoms with Crippen LogP contribution in [0.4, 0.5) is 13.2 Å². The van der Waals surface area contributed by atoms with Crippen molar-refractivity contribution in [3.63, 3.8) is 0 Å². The molecule has 9 heteroatoms. The fourth-order valence-electron chi connectivity index (χ4n) is 1.35. The molecule has 0 aliphatic carbocycles. The number of halogens is 4. The van der Waals surface area contributed by atoms with Crippen LogP contribution >= 0.6 is 11.6 Å². The van der Waals surface area contributed by atoms with Crippen LogP contribution in [0.3, 0.4) is 0 Å². The number of aliphatic hydroxyl groups is 1. The zero-order valence-electron chi connectivity index (χ0n) is 9.56. The maximum absolute atomic E-state index is 12.3. The Bertz CT molecular complexity index is 516. The Kier molecular flexibility index (Phi) is 5.19. The van der Waals surface area contributed by atoms with E-state index in [4.69, 9.17) is 16.7 Å². The molecule has 1 aromatic carbocycles. The van der Waals surface area contributed by atoms with Crippen molar-refractivity contribution in [1.29, 1.82) is 0 Å². The first-order valence-corrected chi connectivity index (χ1v) is 6.92. The molecule has 0 radical (unpaired) electrons. The first-order chi connectivity index (χ1) is 8.66. The summed E-state index contributed by atoms with van der Waals surface area (Å²) in [7, 11) is -4.32. The maximum atomic E-state index is 12.3. The van der Waals surface area contributed by atoms with Crippen molar-refractivity contribution in [2.45, 2.75) is 11.1 Å². The van der Waals surface area contributed by atoms with Gasteiger partial charge in [-0.05, 0) is 24.3 Å². The van der Waals surface area contributed by atoms with E-state index >= 15 is 0 Å². The Morgan fingerprint density at radius 2 is 1.74 bits per heavy atom. The van der Waals surface area contributed by atoms with Crippen molar-refractivity contribution in [3.8, 4) is 0 Å². The summed E-state index contributed by atoms with van der Waals surface area (Å²) in [6.45, 7) is -2.99. The third kappa shape index (κ3) is 4.64. The zero-order valence-corrected chi connectivity index (χ0v) is 11.1. The second kappa shape index (κ2) is 6.08. The Labute approximate surface area is 113 Å². The van der Waals surface area contributed by atoms with Crippen molar-refractivity contribution < 1.29 is 26.7 Å². The lowest BCUT2D eigenvalue weighted by Crippen LogP contribution is -2.40. The van der Waals surface area contributed by atoms with Crippen LogP contribution in [-0.4, -0.2) is 43.7 Å². The zero-order chi connectivity index (χ0) is 14.7. The minimum Gasteiger partial charge on any atom is -0.395 e. The molecule has 0 aliphatic heterocycles. The van der Waals surface area contributed by atoms with Gasteiger partial charge in [0.2, 0.25) is 10.0 Å². The average molecular weight is 318 g/mol. The summed E-state index contributed by atoms with van der Waals surface area (Å²) in [5.74, 6) is 0. The molecule has 0 unspecified atom stereocenters. The van der Waals surface area contributed by atoms with Crippen molar-refractivity contribution in [2.75, 3.05) is 19.7 Å². The lowest BCUT2D eigenvalue weighted by Gasteiger charge is -2.22. The summed E-state index contributed by atoms with van der Waals surface area (Å²) in [6, 6.07) is 4.75. The van der Waals surface area contributed by atoms with Crippen molar-refractivity contribution in [2.24, 2.45) is 0 Å². The van der Waals surface area contributed by atoms with Gasteiger partial charge in [-0.2, -0.15) is 17.5 Å². The van der Waals surface area contributed by atoms with Gasteiger partial charge in [0.05, 0.1) is 11.5 Å². The van der Waals surface area contributed by atoms with Gasteiger partial charge in [0.15, 0.2) is 0 Å². The molecule has 0 atom stereocenters. The molecule has 1 aromatic rings. The number of hydrogen-bond acceptors (Lipinski definition) is 3. The van der Waals surface area contributed by atoms with Gasteiger partial charge >= 0.3 is 6.18 Å². The van der Waals surface area contributed by atoms with Crippen molar-refractivity contribution >= 4 is 21.6 Å². The summed E-state index contributed by atoms with van der Waals surface area (Å²) < 4.78 is 61.1. The first kappa shape index (κ1) is 16.2. The molecule has 0 aromatic heterocycles. The minimum atomic E-state index is -4.69. The molecular weight excluding hydrogens is 307 g/mol. The number of aliphatic hydroxyl groups excluding tert-OH is 1. The monoisotopic (exact) mass is 317 g/mol. The van der Waals surface area contributed by atoms with E-state index in [0.29, 0.717) is 0 Å². The fourth-order valence-corrected chi connectivity index (χ4v) is 2.89. The van der Waals surface area contributed by atoms with E-state index in [0.717, 1.165) is 12.1 Å². The molecule has 4 nitrogen and oxygen atoms in total. The Hall–Kier alpha value is -0.830. The van der Waals surface area contributed by atoms with Crippen molar-refractivity contribution in [3.05, 3.63) is 29.3 Å². The first-order valence-electron chi connectivity index (χ1n) is 5.10. The van der Waals surface area contributed by atoms with E-state index < -0.39 is 35.9 Å². The van der Waals surface area contributed by atoms with Gasteiger partial charge in [0, 0.05) is 11.6 Å². The Morgan fingerprint density at radius 3 is 2.16 bits per heavy atom. The van der Waals surface area contributed by atoms with Crippen molar-refractivity contribution in [1.82, 2.24) is 4.31 Å². The number of nitrogens with zero attached hydrogens (tertiary/aromatic N) is 1. The molecule has 0 heterocycles. The maximum Gasteiger partial charge on any atom is 0.402 e. The number of hydrogen-bond donors (Lipinski definition) is 1. The summed E-state index contributed by atoms with van der Waals surface area (Å²) in [5.41, 5.74) is 0. The van der Waals surface area contributed by atoms with Crippen LogP contribution in [0.15, 0.2) is 29.2 Å². The molecule has 1 N–H and O–H groups in total. The van der Waals surface area contributed by atoms with E-state index in [-0.39, 0.29) is 14.2 Å². The summed E-state index contributed by atoms with van der Waals surface area (Å²) >= 11 is 5.58. The Balaban J connectivity index is 3.09. The lowest BCUT2D eigenvalue weighted by atomic mass is 10.4. The lowest BCUT2D eigenvalue weighted by molar-refractivity contribution is -0.136. The fraction of sp³-hybridized carbons (Fsp3) is 0.400. The van der Waals surface area contributed by atoms with E-state index in [2.05, 4.69) is 0 Å². The molecule has 0 saturated heterocycles. The van der Waals surface area contributed by atoms with E-state index in [1.807, 2.05) is 0 Å². The van der Waals surface area contributed by atoms with Gasteiger partial charge in [-0.15, -0.1) is 0 Å². The van der Waals surface area contributed by atoms with Crippen LogP contribution in [0.5, 0.6) is 0 Å². The van der Waals surface area contributed by atoms with E-state index in [9.17, 15) is 21.6 Å². The van der Waals surface area contributed by atoms with Crippen LogP contribution < -0.4 is 0 Å². The molecule has 19 heavy (non-hydrogen) atoms. The van der Waals surface area contributed by atoms with Crippen LogP contribution in [0, 0.1) is 0 Å². The van der Waals surface area contributed by atoms with Gasteiger partial charge in [0.1, 0.15) is 6.54 Å². The highest BCUT2D eigenvalue weighted by molar-refractivity contribution is 7.89. The predicted molar refractivity (Wildman–Crippen MR) is 63.4 cm³/mol. The number of rotatable bonds is 5. The van der Waals surface area contributed by atoms with Gasteiger partial charge in [-0.1, -0.05) is 11.6 Å². The van der Waals surface area contributed by atoms with Crippen LogP contribution in [0.2, 0.25) is 5.02 Å². The number of sulfonamides is 1. The van der Waals surface area contributed by atoms with Gasteiger partial charge in [-0.25, -0.2) is 8.42 Å². The van der Waals surface area contributed by atoms with Crippen LogP contribution in [0.25, 0.3) is 0 Å². The van der Waals surface area contributed by atoms with Gasteiger partial charge in [-0.3, -0.25) is 0 Å². The SMILES string of the molecule is O=S(=O)(c1ccc(Cl)cc1)N(CCO)CC(F)(F)F. The molecule has 0 spiro atoms. The molecule has 0 fully saturated rings. The van der Waals surface area contributed by atoms with Gasteiger partial charge < -0.3 is 5.11 Å². The molecule has 1 rings (SSSR count). The second-order valence-electron chi connectivity index (χ2n) is 3.63. The molecule has 0 amide bonds. The summed E-state index contributed by atoms with van der Waals surface area (Å²) in [5, 5.41) is 8.96. The highest BCUT2D eigenvalue weighted by atomic mass is 35.5. The average Bonchev–Trinajstić information content (AvgIpc) is 2.27. The topological polar surface area (TPSA) is 57.6 Å². The van der Waals surface area contributed by atoms with Crippen LogP contribution in [-0.2, 0) is 10.0 Å². The van der Waals surface area contributed by atoms with Crippen LogP contribution in [0.1, 0.15) is 0 Å². The largest absolute Gasteiger partial charge is 0.402 e. The normalized spacial score (nSPS) is 12.9. The number of alkyl halides is 3. The highest BCUT2D eigenvalue weighted by Gasteiger charge is 2.36. The van der Waals surface area contributed by atoms with E-state index in [1.165, 1.54) is 12.1 Å². The second-order valence-corrected chi connectivity index (χ2v) is 6.01. The summed E-state index contributed by atoms with van der Waals surface area (Å²) in [4.78, 5) is -0.311. The predicted octanol–water partition coefficient (Wildman–Crippen LogP) is 1.89. The molecule has 0 bridgehead atoms. The molecule has 0 aliphatic rings. The minimum absolute atomic E-state index is 0.177. The standard InChI is InChI=1S/C10H11ClF3NO3S/c11-8-1-3-9(4-2-8)19(17,18)15(5-6-16)7-10(12,13)14/h1-4,16H,5-7H2.